The van der Waals surface area contributed by atoms with Crippen LogP contribution in [-0.4, -0.2) is 11.1 Å². The van der Waals surface area contributed by atoms with Crippen molar-refractivity contribution < 1.29 is 4.92 Å². The van der Waals surface area contributed by atoms with Crippen LogP contribution in [0.15, 0.2) is 53.6 Å². The first-order chi connectivity index (χ1) is 10.6. The zero-order valence-corrected chi connectivity index (χ0v) is 12.6. The molecule has 1 N–H and O–H groups in total. The van der Waals surface area contributed by atoms with Crippen molar-refractivity contribution in [3.8, 4) is 0 Å². The van der Waals surface area contributed by atoms with Crippen LogP contribution in [0.2, 0.25) is 0 Å². The van der Waals surface area contributed by atoms with E-state index in [4.69, 9.17) is 0 Å². The number of benzene rings is 2. The molecular formula is C16H13N3O2S. The van der Waals surface area contributed by atoms with Crippen LogP contribution in [0.5, 0.6) is 0 Å². The maximum absolute atomic E-state index is 10.6. The molecule has 0 saturated heterocycles. The normalized spacial score (nSPS) is 11.1. The van der Waals surface area contributed by atoms with E-state index >= 15 is 0 Å². The number of thiophene rings is 1. The van der Waals surface area contributed by atoms with Gasteiger partial charge < -0.3 is 0 Å². The molecule has 0 amide bonds. The number of rotatable bonds is 4. The number of nitro groups is 1. The number of nitrogens with one attached hydrogen (secondary N) is 1. The van der Waals surface area contributed by atoms with Crippen molar-refractivity contribution in [3.05, 3.63) is 69.1 Å². The molecule has 22 heavy (non-hydrogen) atoms. The molecule has 0 aliphatic rings. The molecule has 0 atom stereocenters. The van der Waals surface area contributed by atoms with Gasteiger partial charge in [-0.3, -0.25) is 15.5 Å². The standard InChI is InChI=1S/C16H13N3O2S/c1-11-14-4-2-3-5-15(14)22-16(11)10-17-18-12-6-8-13(9-7-12)19(20)21/h2-10,18H,1H3/b17-10+. The molecule has 6 heteroatoms. The number of nitrogens with zero attached hydrogens (tertiary/aromatic N) is 2. The topological polar surface area (TPSA) is 67.5 Å². The van der Waals surface area contributed by atoms with Crippen molar-refractivity contribution in [1.82, 2.24) is 0 Å². The van der Waals surface area contributed by atoms with Crippen LogP contribution in [0, 0.1) is 17.0 Å². The van der Waals surface area contributed by atoms with E-state index in [0.29, 0.717) is 5.69 Å². The predicted octanol–water partition coefficient (Wildman–Crippen LogP) is 4.56. The summed E-state index contributed by atoms with van der Waals surface area (Å²) in [4.78, 5) is 11.3. The Kier molecular flexibility index (Phi) is 3.84. The minimum Gasteiger partial charge on any atom is -0.278 e. The van der Waals surface area contributed by atoms with Crippen LogP contribution < -0.4 is 5.43 Å². The molecule has 0 spiro atoms. The fraction of sp³-hybridized carbons (Fsp3) is 0.0625. The SMILES string of the molecule is Cc1c(/C=N/Nc2ccc([N+](=O)[O-])cc2)sc2ccccc12. The fourth-order valence-electron chi connectivity index (χ4n) is 2.14. The summed E-state index contributed by atoms with van der Waals surface area (Å²) in [5.74, 6) is 0. The van der Waals surface area contributed by atoms with Crippen molar-refractivity contribution in [2.75, 3.05) is 5.43 Å². The third-order valence-corrected chi connectivity index (χ3v) is 4.54. The van der Waals surface area contributed by atoms with E-state index in [1.165, 1.54) is 27.8 Å². The van der Waals surface area contributed by atoms with Crippen molar-refractivity contribution in [2.24, 2.45) is 5.10 Å². The van der Waals surface area contributed by atoms with Crippen LogP contribution in [0.25, 0.3) is 10.1 Å². The summed E-state index contributed by atoms with van der Waals surface area (Å²) in [7, 11) is 0. The number of anilines is 1. The molecule has 5 nitrogen and oxygen atoms in total. The number of hydrogen-bond donors (Lipinski definition) is 1. The summed E-state index contributed by atoms with van der Waals surface area (Å²) in [5, 5.41) is 16.0. The number of hydrazone groups is 1. The molecule has 1 heterocycles. The van der Waals surface area contributed by atoms with E-state index in [1.54, 1.807) is 29.7 Å². The average Bonchev–Trinajstić information content (AvgIpc) is 2.85. The van der Waals surface area contributed by atoms with Gasteiger partial charge in [0.05, 0.1) is 21.7 Å². The highest BCUT2D eigenvalue weighted by Crippen LogP contribution is 2.29. The zero-order chi connectivity index (χ0) is 15.5. The Morgan fingerprint density at radius 3 is 2.59 bits per heavy atom. The molecule has 0 radical (unpaired) electrons. The van der Waals surface area contributed by atoms with Gasteiger partial charge in [-0.15, -0.1) is 11.3 Å². The third kappa shape index (κ3) is 2.82. The molecule has 0 fully saturated rings. The molecule has 1 aromatic heterocycles. The molecule has 0 aliphatic carbocycles. The van der Waals surface area contributed by atoms with E-state index in [9.17, 15) is 10.1 Å². The smallest absolute Gasteiger partial charge is 0.269 e. The second kappa shape index (κ2) is 5.95. The van der Waals surface area contributed by atoms with Gasteiger partial charge in [0.15, 0.2) is 0 Å². The van der Waals surface area contributed by atoms with Gasteiger partial charge >= 0.3 is 0 Å². The third-order valence-electron chi connectivity index (χ3n) is 3.33. The fourth-order valence-corrected chi connectivity index (χ4v) is 3.22. The van der Waals surface area contributed by atoms with Crippen molar-refractivity contribution >= 4 is 39.0 Å². The first-order valence-electron chi connectivity index (χ1n) is 6.67. The number of hydrogen-bond acceptors (Lipinski definition) is 5. The highest BCUT2D eigenvalue weighted by atomic mass is 32.1. The van der Waals surface area contributed by atoms with Crippen molar-refractivity contribution in [1.29, 1.82) is 0 Å². The Morgan fingerprint density at radius 1 is 1.18 bits per heavy atom. The second-order valence-electron chi connectivity index (χ2n) is 4.76. The van der Waals surface area contributed by atoms with Crippen molar-refractivity contribution in [2.45, 2.75) is 6.92 Å². The van der Waals surface area contributed by atoms with Gasteiger partial charge in [-0.25, -0.2) is 0 Å². The van der Waals surface area contributed by atoms with Gasteiger partial charge in [0.2, 0.25) is 0 Å². The monoisotopic (exact) mass is 311 g/mol. The van der Waals surface area contributed by atoms with Gasteiger partial charge in [-0.05, 0) is 36.1 Å². The largest absolute Gasteiger partial charge is 0.278 e. The average molecular weight is 311 g/mol. The Balaban J connectivity index is 1.76. The summed E-state index contributed by atoms with van der Waals surface area (Å²) in [6.45, 7) is 2.08. The summed E-state index contributed by atoms with van der Waals surface area (Å²) in [6.07, 6.45) is 1.78. The maximum atomic E-state index is 10.6. The highest BCUT2D eigenvalue weighted by molar-refractivity contribution is 7.20. The molecule has 0 bridgehead atoms. The molecular weight excluding hydrogens is 298 g/mol. The highest BCUT2D eigenvalue weighted by Gasteiger charge is 2.06. The van der Waals surface area contributed by atoms with Gasteiger partial charge in [0.1, 0.15) is 0 Å². The Bertz CT molecular complexity index is 853. The summed E-state index contributed by atoms with van der Waals surface area (Å²) < 4.78 is 1.23. The van der Waals surface area contributed by atoms with Crippen LogP contribution in [0.3, 0.4) is 0 Å². The van der Waals surface area contributed by atoms with Crippen LogP contribution in [-0.2, 0) is 0 Å². The first-order valence-corrected chi connectivity index (χ1v) is 7.48. The van der Waals surface area contributed by atoms with Crippen LogP contribution >= 0.6 is 11.3 Å². The molecule has 0 saturated carbocycles. The first kappa shape index (κ1) is 14.2. The second-order valence-corrected chi connectivity index (χ2v) is 5.85. The molecule has 3 aromatic rings. The quantitative estimate of drug-likeness (QED) is 0.436. The predicted molar refractivity (Wildman–Crippen MR) is 90.9 cm³/mol. The van der Waals surface area contributed by atoms with Crippen molar-refractivity contribution in [3.63, 3.8) is 0 Å². The number of non-ortho nitro benzene ring substituents is 1. The maximum Gasteiger partial charge on any atom is 0.269 e. The lowest BCUT2D eigenvalue weighted by Gasteiger charge is -1.99. The van der Waals surface area contributed by atoms with E-state index in [-0.39, 0.29) is 5.69 Å². The van der Waals surface area contributed by atoms with Crippen LogP contribution in [0.1, 0.15) is 10.4 Å². The minimum atomic E-state index is -0.423. The number of fused-ring (bicyclic) bond motifs is 1. The summed E-state index contributed by atoms with van der Waals surface area (Å²) in [5.41, 5.74) is 4.86. The van der Waals surface area contributed by atoms with E-state index in [1.807, 2.05) is 12.1 Å². The van der Waals surface area contributed by atoms with Gasteiger partial charge in [0.25, 0.3) is 5.69 Å². The van der Waals surface area contributed by atoms with Gasteiger partial charge in [-0.2, -0.15) is 5.10 Å². The Hall–Kier alpha value is -2.73. The lowest BCUT2D eigenvalue weighted by Crippen LogP contribution is -1.91. The number of nitro benzene ring substituents is 1. The summed E-state index contributed by atoms with van der Waals surface area (Å²) >= 11 is 1.69. The van der Waals surface area contributed by atoms with E-state index in [0.717, 1.165) is 4.88 Å². The molecule has 2 aromatic carbocycles. The zero-order valence-electron chi connectivity index (χ0n) is 11.8. The molecule has 0 unspecified atom stereocenters. The number of aryl methyl sites for hydroxylation is 1. The molecule has 3 rings (SSSR count). The van der Waals surface area contributed by atoms with Crippen LogP contribution in [0.4, 0.5) is 11.4 Å². The Labute approximate surface area is 131 Å². The minimum absolute atomic E-state index is 0.0647. The summed E-state index contributed by atoms with van der Waals surface area (Å²) in [6, 6.07) is 14.4. The van der Waals surface area contributed by atoms with Gasteiger partial charge in [-0.1, -0.05) is 18.2 Å². The van der Waals surface area contributed by atoms with E-state index < -0.39 is 4.92 Å². The lowest BCUT2D eigenvalue weighted by atomic mass is 10.1. The molecule has 0 aliphatic heterocycles. The van der Waals surface area contributed by atoms with E-state index in [2.05, 4.69) is 29.6 Å². The van der Waals surface area contributed by atoms with Gasteiger partial charge in [0, 0.05) is 16.8 Å². The Morgan fingerprint density at radius 2 is 1.91 bits per heavy atom. The molecule has 110 valence electrons. The lowest BCUT2D eigenvalue weighted by molar-refractivity contribution is -0.384.